The van der Waals surface area contributed by atoms with Crippen LogP contribution in [0.15, 0.2) is 48.5 Å². The highest BCUT2D eigenvalue weighted by molar-refractivity contribution is 14.1. The number of hydrogen-bond donors (Lipinski definition) is 0. The molecule has 3 aromatic rings. The molecule has 0 unspecified atom stereocenters. The topological polar surface area (TPSA) is 0 Å². The van der Waals surface area contributed by atoms with Crippen molar-refractivity contribution in [1.82, 2.24) is 0 Å². The molecule has 0 saturated carbocycles. The van der Waals surface area contributed by atoms with E-state index < -0.39 is 17.5 Å². The van der Waals surface area contributed by atoms with E-state index in [4.69, 9.17) is 0 Å². The van der Waals surface area contributed by atoms with E-state index >= 15 is 0 Å². The first-order chi connectivity index (χ1) is 12.4. The van der Waals surface area contributed by atoms with Crippen molar-refractivity contribution in [2.24, 2.45) is 0 Å². The molecule has 0 aliphatic carbocycles. The molecule has 0 aliphatic heterocycles. The average Bonchev–Trinajstić information content (AvgIpc) is 2.62. The Bertz CT molecular complexity index is 966. The van der Waals surface area contributed by atoms with Gasteiger partial charge in [0.2, 0.25) is 0 Å². The quantitative estimate of drug-likeness (QED) is 0.216. The van der Waals surface area contributed by atoms with Crippen molar-refractivity contribution < 1.29 is 17.6 Å². The summed E-state index contributed by atoms with van der Waals surface area (Å²) in [5, 5.41) is 0. The van der Waals surface area contributed by atoms with E-state index in [1.807, 2.05) is 6.92 Å². The first-order valence-electron chi connectivity index (χ1n) is 8.14. The molecule has 5 heteroatoms. The van der Waals surface area contributed by atoms with E-state index in [0.717, 1.165) is 6.42 Å². The summed E-state index contributed by atoms with van der Waals surface area (Å²) in [6.07, 6.45) is 1.47. The van der Waals surface area contributed by atoms with Crippen molar-refractivity contribution in [2.75, 3.05) is 0 Å². The van der Waals surface area contributed by atoms with Gasteiger partial charge in [-0.15, -0.1) is 0 Å². The summed E-state index contributed by atoms with van der Waals surface area (Å²) in [5.74, 6) is -3.11. The van der Waals surface area contributed by atoms with Crippen molar-refractivity contribution in [3.63, 3.8) is 0 Å². The fourth-order valence-corrected chi connectivity index (χ4v) is 3.26. The molecule has 0 aromatic heterocycles. The lowest BCUT2D eigenvalue weighted by Gasteiger charge is -2.10. The molecule has 0 aliphatic rings. The Morgan fingerprint density at radius 3 is 1.96 bits per heavy atom. The Morgan fingerprint density at radius 2 is 1.35 bits per heavy atom. The maximum atomic E-state index is 14.5. The standard InChI is InChI=1S/C21H15F4I/c1-2-3-12-4-5-13(10-17(12)22)14-6-7-15(18(23)11-14)16-8-9-19(26)21(25)20(16)24/h4-11H,2-3H2,1H3. The van der Waals surface area contributed by atoms with Gasteiger partial charge in [0, 0.05) is 11.1 Å². The number of halogens is 5. The van der Waals surface area contributed by atoms with Crippen LogP contribution in [0, 0.1) is 26.8 Å². The number of hydrogen-bond acceptors (Lipinski definition) is 0. The maximum Gasteiger partial charge on any atom is 0.172 e. The van der Waals surface area contributed by atoms with Gasteiger partial charge in [-0.1, -0.05) is 43.7 Å². The summed E-state index contributed by atoms with van der Waals surface area (Å²) in [6, 6.07) is 11.7. The van der Waals surface area contributed by atoms with Crippen molar-refractivity contribution in [3.05, 3.63) is 80.9 Å². The minimum atomic E-state index is -1.08. The molecule has 0 fully saturated rings. The van der Waals surface area contributed by atoms with Gasteiger partial charge in [0.15, 0.2) is 11.6 Å². The van der Waals surface area contributed by atoms with Crippen LogP contribution in [-0.4, -0.2) is 0 Å². The van der Waals surface area contributed by atoms with Crippen molar-refractivity contribution in [3.8, 4) is 22.3 Å². The van der Waals surface area contributed by atoms with Crippen LogP contribution >= 0.6 is 22.6 Å². The van der Waals surface area contributed by atoms with Crippen LogP contribution in [0.5, 0.6) is 0 Å². The second-order valence-corrected chi connectivity index (χ2v) is 7.14. The van der Waals surface area contributed by atoms with Gasteiger partial charge in [-0.25, -0.2) is 17.6 Å². The Balaban J connectivity index is 2.01. The number of aryl methyl sites for hydroxylation is 1. The Kier molecular flexibility index (Phi) is 5.65. The lowest BCUT2D eigenvalue weighted by atomic mass is 9.98. The molecule has 0 saturated heterocycles. The molecule has 0 heterocycles. The summed E-state index contributed by atoms with van der Waals surface area (Å²) in [6.45, 7) is 1.97. The third-order valence-corrected chi connectivity index (χ3v) is 5.03. The van der Waals surface area contributed by atoms with Crippen LogP contribution in [0.2, 0.25) is 0 Å². The molecule has 0 amide bonds. The highest BCUT2D eigenvalue weighted by Crippen LogP contribution is 2.32. The minimum Gasteiger partial charge on any atom is -0.207 e. The van der Waals surface area contributed by atoms with E-state index in [9.17, 15) is 17.6 Å². The van der Waals surface area contributed by atoms with E-state index in [1.165, 1.54) is 30.3 Å². The monoisotopic (exact) mass is 470 g/mol. The summed E-state index contributed by atoms with van der Waals surface area (Å²) in [7, 11) is 0. The van der Waals surface area contributed by atoms with E-state index in [-0.39, 0.29) is 20.5 Å². The van der Waals surface area contributed by atoms with Crippen LogP contribution in [0.3, 0.4) is 0 Å². The SMILES string of the molecule is CCCc1ccc(-c2ccc(-c3ccc(I)c(F)c3F)c(F)c2)cc1F. The predicted octanol–water partition coefficient (Wildman–Crippen LogP) is 7.13. The van der Waals surface area contributed by atoms with Crippen LogP contribution in [0.4, 0.5) is 17.6 Å². The first-order valence-corrected chi connectivity index (χ1v) is 9.22. The second-order valence-electron chi connectivity index (χ2n) is 5.97. The summed E-state index contributed by atoms with van der Waals surface area (Å²) >= 11 is 1.67. The summed E-state index contributed by atoms with van der Waals surface area (Å²) < 4.78 is 56.7. The van der Waals surface area contributed by atoms with Gasteiger partial charge in [0.1, 0.15) is 11.6 Å². The number of rotatable bonds is 4. The van der Waals surface area contributed by atoms with E-state index in [1.54, 1.807) is 40.8 Å². The predicted molar refractivity (Wildman–Crippen MR) is 104 cm³/mol. The maximum absolute atomic E-state index is 14.5. The Morgan fingerprint density at radius 1 is 0.731 bits per heavy atom. The van der Waals surface area contributed by atoms with Gasteiger partial charge in [0.25, 0.3) is 0 Å². The van der Waals surface area contributed by atoms with Crippen LogP contribution in [-0.2, 0) is 6.42 Å². The molecule has 0 N–H and O–H groups in total. The average molecular weight is 470 g/mol. The molecule has 0 nitrogen and oxygen atoms in total. The summed E-state index contributed by atoms with van der Waals surface area (Å²) in [5.41, 5.74) is 1.44. The fourth-order valence-electron chi connectivity index (χ4n) is 2.85. The zero-order chi connectivity index (χ0) is 18.8. The highest BCUT2D eigenvalue weighted by Gasteiger charge is 2.17. The van der Waals surface area contributed by atoms with Gasteiger partial charge < -0.3 is 0 Å². The normalized spacial score (nSPS) is 11.0. The Hall–Kier alpha value is -1.89. The van der Waals surface area contributed by atoms with Gasteiger partial charge in [-0.3, -0.25) is 0 Å². The zero-order valence-electron chi connectivity index (χ0n) is 13.9. The highest BCUT2D eigenvalue weighted by atomic mass is 127. The first kappa shape index (κ1) is 18.9. The van der Waals surface area contributed by atoms with Gasteiger partial charge >= 0.3 is 0 Å². The molecule has 3 aromatic carbocycles. The van der Waals surface area contributed by atoms with Crippen molar-refractivity contribution >= 4 is 22.6 Å². The van der Waals surface area contributed by atoms with Crippen molar-refractivity contribution in [1.29, 1.82) is 0 Å². The van der Waals surface area contributed by atoms with Crippen LogP contribution < -0.4 is 0 Å². The molecule has 0 radical (unpaired) electrons. The van der Waals surface area contributed by atoms with Crippen LogP contribution in [0.25, 0.3) is 22.3 Å². The molecule has 0 bridgehead atoms. The third kappa shape index (κ3) is 3.63. The summed E-state index contributed by atoms with van der Waals surface area (Å²) in [4.78, 5) is 0. The lowest BCUT2D eigenvalue weighted by molar-refractivity contribution is 0.505. The van der Waals surface area contributed by atoms with Gasteiger partial charge in [-0.2, -0.15) is 0 Å². The molecule has 0 atom stereocenters. The van der Waals surface area contributed by atoms with Gasteiger partial charge in [0.05, 0.1) is 3.57 Å². The lowest BCUT2D eigenvalue weighted by Crippen LogP contribution is -1.96. The van der Waals surface area contributed by atoms with E-state index in [0.29, 0.717) is 23.1 Å². The Labute approximate surface area is 163 Å². The minimum absolute atomic E-state index is 0.0374. The fraction of sp³-hybridized carbons (Fsp3) is 0.143. The third-order valence-electron chi connectivity index (χ3n) is 4.20. The molecule has 134 valence electrons. The van der Waals surface area contributed by atoms with Gasteiger partial charge in [-0.05, 0) is 63.9 Å². The smallest absolute Gasteiger partial charge is 0.172 e. The number of benzene rings is 3. The molecule has 26 heavy (non-hydrogen) atoms. The van der Waals surface area contributed by atoms with Crippen molar-refractivity contribution in [2.45, 2.75) is 19.8 Å². The largest absolute Gasteiger partial charge is 0.207 e. The zero-order valence-corrected chi connectivity index (χ0v) is 16.1. The molecule has 0 spiro atoms. The van der Waals surface area contributed by atoms with Crippen LogP contribution in [0.1, 0.15) is 18.9 Å². The molecular weight excluding hydrogens is 455 g/mol. The van der Waals surface area contributed by atoms with E-state index in [2.05, 4.69) is 0 Å². The molecular formula is C21H15F4I. The second kappa shape index (κ2) is 7.78. The molecule has 3 rings (SSSR count).